The van der Waals surface area contributed by atoms with Crippen molar-refractivity contribution in [3.63, 3.8) is 0 Å². The molecule has 0 bridgehead atoms. The molecule has 9 heteroatoms. The Kier molecular flexibility index (Phi) is 8.33. The van der Waals surface area contributed by atoms with E-state index in [9.17, 15) is 14.9 Å². The van der Waals surface area contributed by atoms with Gasteiger partial charge in [-0.2, -0.15) is 5.26 Å². The molecule has 0 aliphatic carbocycles. The van der Waals surface area contributed by atoms with Crippen molar-refractivity contribution in [2.24, 2.45) is 0 Å². The van der Waals surface area contributed by atoms with Crippen LogP contribution in [-0.2, 0) is 4.79 Å². The zero-order valence-electron chi connectivity index (χ0n) is 17.1. The van der Waals surface area contributed by atoms with E-state index in [4.69, 9.17) is 32.7 Å². The molecule has 1 N–H and O–H groups in total. The monoisotopic (exact) mass is 592 g/mol. The number of nitriles is 1. The van der Waals surface area contributed by atoms with Gasteiger partial charge in [-0.1, -0.05) is 47.5 Å². The normalized spacial score (nSPS) is 10.8. The van der Waals surface area contributed by atoms with Gasteiger partial charge < -0.3 is 14.8 Å². The summed E-state index contributed by atoms with van der Waals surface area (Å²) in [5.74, 6) is -0.688. The number of carbonyl (C=O) groups is 2. The molecule has 0 atom stereocenters. The Labute approximate surface area is 213 Å². The average molecular weight is 593 g/mol. The second kappa shape index (κ2) is 11.2. The molecule has 0 heterocycles. The van der Waals surface area contributed by atoms with Crippen molar-refractivity contribution in [1.29, 1.82) is 5.26 Å². The third-order valence-corrected chi connectivity index (χ3v) is 5.95. The third-order valence-electron chi connectivity index (χ3n) is 4.33. The van der Waals surface area contributed by atoms with Crippen LogP contribution in [0.5, 0.6) is 11.5 Å². The SMILES string of the molecule is COc1cc(/C=C(\C#N)C(=O)Nc2cccc(Cl)c2Cl)cc(I)c1OC(=O)c1ccccc1. The highest BCUT2D eigenvalue weighted by molar-refractivity contribution is 14.1. The molecule has 0 fully saturated rings. The van der Waals surface area contributed by atoms with Crippen LogP contribution in [0.25, 0.3) is 6.08 Å². The van der Waals surface area contributed by atoms with E-state index in [1.54, 1.807) is 60.7 Å². The number of amides is 1. The molecular formula is C24H15Cl2IN2O4. The molecule has 1 amide bonds. The van der Waals surface area contributed by atoms with Crippen LogP contribution in [0, 0.1) is 14.9 Å². The second-order valence-electron chi connectivity index (χ2n) is 6.51. The predicted molar refractivity (Wildman–Crippen MR) is 136 cm³/mol. The maximum absolute atomic E-state index is 12.6. The average Bonchev–Trinajstić information content (AvgIpc) is 2.82. The number of benzene rings is 3. The Morgan fingerprint density at radius 1 is 1.09 bits per heavy atom. The van der Waals surface area contributed by atoms with Gasteiger partial charge in [0.2, 0.25) is 0 Å². The summed E-state index contributed by atoms with van der Waals surface area (Å²) in [6, 6.07) is 18.4. The number of methoxy groups -OCH3 is 1. The van der Waals surface area contributed by atoms with Gasteiger partial charge in [-0.05, 0) is 70.6 Å². The number of halogens is 3. The number of carbonyl (C=O) groups excluding carboxylic acids is 2. The number of ether oxygens (including phenoxy) is 2. The Morgan fingerprint density at radius 3 is 2.48 bits per heavy atom. The molecule has 0 aliphatic rings. The van der Waals surface area contributed by atoms with Crippen molar-refractivity contribution in [3.8, 4) is 17.6 Å². The Bertz CT molecular complexity index is 1290. The maximum Gasteiger partial charge on any atom is 0.343 e. The smallest absolute Gasteiger partial charge is 0.343 e. The van der Waals surface area contributed by atoms with E-state index in [-0.39, 0.29) is 32.8 Å². The zero-order valence-corrected chi connectivity index (χ0v) is 20.7. The van der Waals surface area contributed by atoms with Crippen molar-refractivity contribution in [2.45, 2.75) is 0 Å². The van der Waals surface area contributed by atoms with Gasteiger partial charge in [-0.3, -0.25) is 4.79 Å². The number of nitrogens with one attached hydrogen (secondary N) is 1. The lowest BCUT2D eigenvalue weighted by atomic mass is 10.1. The number of rotatable bonds is 6. The van der Waals surface area contributed by atoms with Gasteiger partial charge in [-0.25, -0.2) is 4.79 Å². The molecule has 166 valence electrons. The van der Waals surface area contributed by atoms with Crippen LogP contribution in [0.3, 0.4) is 0 Å². The molecule has 0 spiro atoms. The van der Waals surface area contributed by atoms with Gasteiger partial charge in [-0.15, -0.1) is 0 Å². The highest BCUT2D eigenvalue weighted by Crippen LogP contribution is 2.35. The van der Waals surface area contributed by atoms with Crippen molar-refractivity contribution >= 4 is 69.4 Å². The van der Waals surface area contributed by atoms with Gasteiger partial charge in [0.25, 0.3) is 5.91 Å². The number of nitrogens with zero attached hydrogens (tertiary/aromatic N) is 1. The number of hydrogen-bond donors (Lipinski definition) is 1. The van der Waals surface area contributed by atoms with Crippen molar-refractivity contribution < 1.29 is 19.1 Å². The van der Waals surface area contributed by atoms with Gasteiger partial charge in [0.05, 0.1) is 32.0 Å². The van der Waals surface area contributed by atoms with Crippen LogP contribution >= 0.6 is 45.8 Å². The lowest BCUT2D eigenvalue weighted by Crippen LogP contribution is -2.14. The fourth-order valence-electron chi connectivity index (χ4n) is 2.75. The molecule has 0 saturated heterocycles. The van der Waals surface area contributed by atoms with Crippen LogP contribution in [0.1, 0.15) is 15.9 Å². The summed E-state index contributed by atoms with van der Waals surface area (Å²) in [4.78, 5) is 25.1. The van der Waals surface area contributed by atoms with Gasteiger partial charge in [0, 0.05) is 0 Å². The third kappa shape index (κ3) is 6.05. The minimum absolute atomic E-state index is 0.169. The topological polar surface area (TPSA) is 88.4 Å². The molecule has 3 aromatic carbocycles. The van der Waals surface area contributed by atoms with Crippen molar-refractivity contribution in [3.05, 3.63) is 91.0 Å². The van der Waals surface area contributed by atoms with Crippen LogP contribution in [0.4, 0.5) is 5.69 Å². The molecule has 0 saturated carbocycles. The number of hydrogen-bond acceptors (Lipinski definition) is 5. The fourth-order valence-corrected chi connectivity index (χ4v) is 3.84. The summed E-state index contributed by atoms with van der Waals surface area (Å²) in [7, 11) is 1.43. The molecule has 3 aromatic rings. The molecule has 0 aliphatic heterocycles. The minimum Gasteiger partial charge on any atom is -0.493 e. The van der Waals surface area contributed by atoms with Crippen LogP contribution in [0.15, 0.2) is 66.2 Å². The fraction of sp³-hybridized carbons (Fsp3) is 0.0417. The maximum atomic E-state index is 12.6. The molecule has 0 aromatic heterocycles. The molecule has 0 unspecified atom stereocenters. The summed E-state index contributed by atoms with van der Waals surface area (Å²) in [6.45, 7) is 0. The van der Waals surface area contributed by atoms with Gasteiger partial charge in [0.15, 0.2) is 11.5 Å². The molecule has 3 rings (SSSR count). The Morgan fingerprint density at radius 2 is 1.82 bits per heavy atom. The van der Waals surface area contributed by atoms with E-state index in [0.29, 0.717) is 14.7 Å². The summed E-state index contributed by atoms with van der Waals surface area (Å²) in [6.07, 6.45) is 1.39. The van der Waals surface area contributed by atoms with Crippen molar-refractivity contribution in [2.75, 3.05) is 12.4 Å². The first-order valence-corrected chi connectivity index (χ1v) is 11.2. The summed E-state index contributed by atoms with van der Waals surface area (Å²) >= 11 is 14.1. The number of anilines is 1. The first kappa shape index (κ1) is 24.6. The molecule has 33 heavy (non-hydrogen) atoms. The largest absolute Gasteiger partial charge is 0.493 e. The van der Waals surface area contributed by atoms with Crippen LogP contribution in [-0.4, -0.2) is 19.0 Å². The van der Waals surface area contributed by atoms with E-state index in [1.165, 1.54) is 13.2 Å². The van der Waals surface area contributed by atoms with E-state index in [0.717, 1.165) is 0 Å². The zero-order chi connectivity index (χ0) is 24.0. The predicted octanol–water partition coefficient (Wildman–Crippen LogP) is 6.37. The lowest BCUT2D eigenvalue weighted by Gasteiger charge is -2.13. The molecular weight excluding hydrogens is 578 g/mol. The Hall–Kier alpha value is -3.06. The van der Waals surface area contributed by atoms with Crippen molar-refractivity contribution in [1.82, 2.24) is 0 Å². The van der Waals surface area contributed by atoms with Crippen LogP contribution < -0.4 is 14.8 Å². The molecule has 6 nitrogen and oxygen atoms in total. The Balaban J connectivity index is 1.88. The first-order chi connectivity index (χ1) is 15.8. The highest BCUT2D eigenvalue weighted by atomic mass is 127. The van der Waals surface area contributed by atoms with Crippen LogP contribution in [0.2, 0.25) is 10.0 Å². The summed E-state index contributed by atoms with van der Waals surface area (Å²) in [5.41, 5.74) is 1.01. The second-order valence-corrected chi connectivity index (χ2v) is 8.46. The van der Waals surface area contributed by atoms with Gasteiger partial charge in [0.1, 0.15) is 11.6 Å². The highest BCUT2D eigenvalue weighted by Gasteiger charge is 2.18. The summed E-state index contributed by atoms with van der Waals surface area (Å²) < 4.78 is 11.5. The van der Waals surface area contributed by atoms with E-state index in [2.05, 4.69) is 5.32 Å². The molecule has 0 radical (unpaired) electrons. The van der Waals surface area contributed by atoms with E-state index < -0.39 is 11.9 Å². The summed E-state index contributed by atoms with van der Waals surface area (Å²) in [5, 5.41) is 12.5. The van der Waals surface area contributed by atoms with E-state index >= 15 is 0 Å². The number of esters is 1. The first-order valence-electron chi connectivity index (χ1n) is 9.36. The van der Waals surface area contributed by atoms with E-state index in [1.807, 2.05) is 28.7 Å². The standard InChI is InChI=1S/C24H15Cl2IN2O4/c1-32-20-12-14(11-18(27)22(20)33-24(31)15-6-3-2-4-7-15)10-16(13-28)23(30)29-19-9-5-8-17(25)21(19)26/h2-12H,1H3,(H,29,30)/b16-10+. The quantitative estimate of drug-likeness (QED) is 0.118. The minimum atomic E-state index is -0.657. The van der Waals surface area contributed by atoms with Gasteiger partial charge >= 0.3 is 5.97 Å². The lowest BCUT2D eigenvalue weighted by molar-refractivity contribution is -0.112.